The third-order valence-corrected chi connectivity index (χ3v) is 5.97. The van der Waals surface area contributed by atoms with Gasteiger partial charge in [-0.15, -0.1) is 0 Å². The molecular formula is C21H17ClF2N4O. The average Bonchev–Trinajstić information content (AvgIpc) is 3.40. The first-order chi connectivity index (χ1) is 14.0. The number of rotatable bonds is 4. The van der Waals surface area contributed by atoms with E-state index in [9.17, 15) is 13.6 Å². The quantitative estimate of drug-likeness (QED) is 0.595. The van der Waals surface area contributed by atoms with Crippen molar-refractivity contribution in [1.82, 2.24) is 15.2 Å². The van der Waals surface area contributed by atoms with Crippen molar-refractivity contribution in [3.63, 3.8) is 0 Å². The van der Waals surface area contributed by atoms with Crippen molar-refractivity contribution < 1.29 is 13.6 Å². The second kappa shape index (κ2) is 6.84. The van der Waals surface area contributed by atoms with Gasteiger partial charge in [-0.2, -0.15) is 5.10 Å². The van der Waals surface area contributed by atoms with Crippen molar-refractivity contribution in [1.29, 1.82) is 0 Å². The third-order valence-electron chi connectivity index (χ3n) is 5.71. The zero-order chi connectivity index (χ0) is 20.1. The largest absolute Gasteiger partial charge is 0.295 e. The van der Waals surface area contributed by atoms with E-state index in [1.165, 1.54) is 6.07 Å². The molecule has 1 saturated carbocycles. The molecule has 5 rings (SSSR count). The first-order valence-corrected chi connectivity index (χ1v) is 9.79. The van der Waals surface area contributed by atoms with Crippen LogP contribution >= 0.6 is 11.6 Å². The lowest BCUT2D eigenvalue weighted by molar-refractivity contribution is 0.0956. The molecule has 0 aliphatic heterocycles. The predicted octanol–water partition coefficient (Wildman–Crippen LogP) is 4.93. The highest BCUT2D eigenvalue weighted by Crippen LogP contribution is 2.54. The summed E-state index contributed by atoms with van der Waals surface area (Å²) in [4.78, 5) is 12.9. The van der Waals surface area contributed by atoms with Gasteiger partial charge in [0.1, 0.15) is 5.82 Å². The summed E-state index contributed by atoms with van der Waals surface area (Å²) in [6.45, 7) is 0. The maximum atomic E-state index is 13.8. The molecule has 2 atom stereocenters. The smallest absolute Gasteiger partial charge is 0.290 e. The molecule has 2 bridgehead atoms. The summed E-state index contributed by atoms with van der Waals surface area (Å²) >= 11 is 6.00. The first-order valence-electron chi connectivity index (χ1n) is 9.41. The molecule has 0 spiro atoms. The van der Waals surface area contributed by atoms with Crippen molar-refractivity contribution in [3.05, 3.63) is 76.1 Å². The molecule has 8 heteroatoms. The Morgan fingerprint density at radius 1 is 1.10 bits per heavy atom. The van der Waals surface area contributed by atoms with Gasteiger partial charge in [0.15, 0.2) is 11.5 Å². The summed E-state index contributed by atoms with van der Waals surface area (Å²) in [5.41, 5.74) is 8.21. The summed E-state index contributed by atoms with van der Waals surface area (Å²) in [7, 11) is 0. The van der Waals surface area contributed by atoms with E-state index in [1.807, 2.05) is 16.8 Å². The highest BCUT2D eigenvalue weighted by molar-refractivity contribution is 6.30. The second-order valence-corrected chi connectivity index (χ2v) is 7.88. The van der Waals surface area contributed by atoms with E-state index >= 15 is 0 Å². The SMILES string of the molecule is O=C(NNc1ccc(F)cc1F)c1nn(-c2ccc(Cl)cc2)c2c1[C@H]1CC[C@H]2C1. The van der Waals surface area contributed by atoms with Crippen LogP contribution < -0.4 is 10.9 Å². The molecule has 0 unspecified atom stereocenters. The topological polar surface area (TPSA) is 59.0 Å². The zero-order valence-electron chi connectivity index (χ0n) is 15.3. The number of aromatic nitrogens is 2. The summed E-state index contributed by atoms with van der Waals surface area (Å²) in [6.07, 6.45) is 3.13. The molecule has 2 N–H and O–H groups in total. The van der Waals surface area contributed by atoms with Crippen molar-refractivity contribution in [2.45, 2.75) is 31.1 Å². The molecule has 3 aromatic rings. The minimum Gasteiger partial charge on any atom is -0.295 e. The fraction of sp³-hybridized carbons (Fsp3) is 0.238. The lowest BCUT2D eigenvalue weighted by Crippen LogP contribution is -2.31. The number of fused-ring (bicyclic) bond motifs is 5. The Bertz CT molecular complexity index is 1110. The number of amides is 1. The van der Waals surface area contributed by atoms with Gasteiger partial charge in [-0.25, -0.2) is 13.5 Å². The number of hydrogen-bond acceptors (Lipinski definition) is 3. The van der Waals surface area contributed by atoms with Gasteiger partial charge < -0.3 is 0 Å². The van der Waals surface area contributed by atoms with Crippen LogP contribution in [0.5, 0.6) is 0 Å². The molecule has 2 aliphatic carbocycles. The molecule has 2 aliphatic rings. The molecule has 5 nitrogen and oxygen atoms in total. The molecule has 2 aromatic carbocycles. The van der Waals surface area contributed by atoms with E-state index in [0.29, 0.717) is 22.6 Å². The molecule has 1 fully saturated rings. The van der Waals surface area contributed by atoms with E-state index in [-0.39, 0.29) is 5.69 Å². The summed E-state index contributed by atoms with van der Waals surface area (Å²) in [5, 5.41) is 5.22. The van der Waals surface area contributed by atoms with Crippen molar-refractivity contribution in [3.8, 4) is 5.69 Å². The van der Waals surface area contributed by atoms with Crippen LogP contribution in [0.3, 0.4) is 0 Å². The number of benzene rings is 2. The number of hydrogen-bond donors (Lipinski definition) is 2. The van der Waals surface area contributed by atoms with Crippen LogP contribution in [-0.4, -0.2) is 15.7 Å². The van der Waals surface area contributed by atoms with Gasteiger partial charge in [-0.05, 0) is 61.6 Å². The average molecular weight is 415 g/mol. The van der Waals surface area contributed by atoms with Crippen LogP contribution in [0.25, 0.3) is 5.69 Å². The van der Waals surface area contributed by atoms with E-state index in [1.54, 1.807) is 12.1 Å². The lowest BCUT2D eigenvalue weighted by Gasteiger charge is -2.14. The van der Waals surface area contributed by atoms with Gasteiger partial charge in [0.2, 0.25) is 0 Å². The van der Waals surface area contributed by atoms with Gasteiger partial charge in [0.25, 0.3) is 5.91 Å². The number of anilines is 1. The minimum atomic E-state index is -0.790. The maximum absolute atomic E-state index is 13.8. The Morgan fingerprint density at radius 3 is 2.62 bits per heavy atom. The van der Waals surface area contributed by atoms with Gasteiger partial charge in [0.05, 0.1) is 17.1 Å². The summed E-state index contributed by atoms with van der Waals surface area (Å²) in [6, 6.07) is 10.4. The summed E-state index contributed by atoms with van der Waals surface area (Å²) in [5.74, 6) is -1.25. The molecule has 1 amide bonds. The molecule has 1 aromatic heterocycles. The van der Waals surface area contributed by atoms with Gasteiger partial charge in [-0.3, -0.25) is 15.6 Å². The number of carbonyl (C=O) groups is 1. The van der Waals surface area contributed by atoms with E-state index < -0.39 is 17.5 Å². The van der Waals surface area contributed by atoms with Crippen molar-refractivity contribution in [2.24, 2.45) is 0 Å². The van der Waals surface area contributed by atoms with Crippen LogP contribution in [0.1, 0.15) is 52.8 Å². The van der Waals surface area contributed by atoms with Crippen LogP contribution in [0.4, 0.5) is 14.5 Å². The highest BCUT2D eigenvalue weighted by Gasteiger charge is 2.44. The Balaban J connectivity index is 1.47. The molecule has 1 heterocycles. The Labute approximate surface area is 170 Å². The molecule has 148 valence electrons. The second-order valence-electron chi connectivity index (χ2n) is 7.45. The van der Waals surface area contributed by atoms with E-state index in [0.717, 1.165) is 48.3 Å². The van der Waals surface area contributed by atoms with Crippen LogP contribution in [0, 0.1) is 11.6 Å². The monoisotopic (exact) mass is 414 g/mol. The van der Waals surface area contributed by atoms with Gasteiger partial charge >= 0.3 is 0 Å². The zero-order valence-corrected chi connectivity index (χ0v) is 16.0. The van der Waals surface area contributed by atoms with Crippen LogP contribution in [0.15, 0.2) is 42.5 Å². The third kappa shape index (κ3) is 3.06. The number of nitrogens with zero attached hydrogens (tertiary/aromatic N) is 2. The normalized spacial score (nSPS) is 19.3. The van der Waals surface area contributed by atoms with Crippen molar-refractivity contribution in [2.75, 3.05) is 5.43 Å². The number of halogens is 3. The minimum absolute atomic E-state index is 0.0185. The Hall–Kier alpha value is -2.93. The van der Waals surface area contributed by atoms with Gasteiger partial charge in [0, 0.05) is 22.6 Å². The number of carbonyl (C=O) groups excluding carboxylic acids is 1. The van der Waals surface area contributed by atoms with E-state index in [4.69, 9.17) is 11.6 Å². The molecule has 0 radical (unpaired) electrons. The fourth-order valence-electron chi connectivity index (χ4n) is 4.45. The van der Waals surface area contributed by atoms with Gasteiger partial charge in [-0.1, -0.05) is 11.6 Å². The molecule has 0 saturated heterocycles. The standard InChI is InChI=1S/C21H17ClF2N4O/c22-13-3-6-15(7-4-13)28-20-12-2-1-11(9-12)18(20)19(27-28)21(29)26-25-17-8-5-14(23)10-16(17)24/h3-8,10-12,25H,1-2,9H2,(H,26,29)/t11-,12-/m0/s1. The molecule has 29 heavy (non-hydrogen) atoms. The van der Waals surface area contributed by atoms with Crippen molar-refractivity contribution >= 4 is 23.2 Å². The van der Waals surface area contributed by atoms with Crippen LogP contribution in [0.2, 0.25) is 5.02 Å². The van der Waals surface area contributed by atoms with Crippen LogP contribution in [-0.2, 0) is 0 Å². The first kappa shape index (κ1) is 18.1. The Morgan fingerprint density at radius 2 is 1.86 bits per heavy atom. The molecular weight excluding hydrogens is 398 g/mol. The number of hydrazine groups is 1. The Kier molecular flexibility index (Phi) is 4.28. The predicted molar refractivity (Wildman–Crippen MR) is 105 cm³/mol. The lowest BCUT2D eigenvalue weighted by atomic mass is 9.95. The van der Waals surface area contributed by atoms with E-state index in [2.05, 4.69) is 16.0 Å². The highest BCUT2D eigenvalue weighted by atomic mass is 35.5. The fourth-order valence-corrected chi connectivity index (χ4v) is 4.58. The number of nitrogens with one attached hydrogen (secondary N) is 2. The summed E-state index contributed by atoms with van der Waals surface area (Å²) < 4.78 is 28.7. The maximum Gasteiger partial charge on any atom is 0.290 e.